The first-order chi connectivity index (χ1) is 17.2. The summed E-state index contributed by atoms with van der Waals surface area (Å²) in [6.45, 7) is 8.98. The maximum atomic E-state index is 13.6. The van der Waals surface area contributed by atoms with Crippen LogP contribution in [0.15, 0.2) is 54.3 Å². The fraction of sp³-hybridized carbons (Fsp3) is 0.556. The lowest BCUT2D eigenvalue weighted by Crippen LogP contribution is -2.57. The van der Waals surface area contributed by atoms with Crippen molar-refractivity contribution in [3.8, 4) is 0 Å². The molecule has 2 aliphatic heterocycles. The number of hydrogen-bond acceptors (Lipinski definition) is 6. The lowest BCUT2D eigenvalue weighted by molar-refractivity contribution is -0.117. The predicted molar refractivity (Wildman–Crippen MR) is 142 cm³/mol. The van der Waals surface area contributed by atoms with Crippen LogP contribution in [0, 0.1) is 0 Å². The molecule has 4 rings (SSSR count). The fourth-order valence-electron chi connectivity index (χ4n) is 5.56. The number of benzene rings is 1. The molecule has 0 saturated heterocycles. The van der Waals surface area contributed by atoms with Gasteiger partial charge in [-0.3, -0.25) is 10.1 Å². The highest BCUT2D eigenvalue weighted by Gasteiger charge is 2.48. The summed E-state index contributed by atoms with van der Waals surface area (Å²) in [6, 6.07) is 10.5. The number of amides is 3. The van der Waals surface area contributed by atoms with Crippen LogP contribution in [0.5, 0.6) is 0 Å². The summed E-state index contributed by atoms with van der Waals surface area (Å²) in [5.74, 6) is -0.102. The number of hydrazine groups is 1. The van der Waals surface area contributed by atoms with E-state index in [9.17, 15) is 9.59 Å². The number of rotatable bonds is 8. The lowest BCUT2D eigenvalue weighted by atomic mass is 9.90. The number of nitrogens with one attached hydrogen (secondary N) is 5. The van der Waals surface area contributed by atoms with Gasteiger partial charge in [0, 0.05) is 30.7 Å². The maximum absolute atomic E-state index is 13.6. The topological polar surface area (TPSA) is 101 Å². The number of nitrogens with zero attached hydrogens (tertiary/aromatic N) is 2. The standard InChI is InChI=1S/C27H41N7O2/c1-6-23(35)28-19-12-14-20(15-13-19)29-25-21-16-34(27(2,3)24(21)31-32-25)26(36)30-22(17-33(4)5)18-10-8-7-9-11-18/h6-11,19-20,22,25,29,31-32H,1,12-17H2,2-5H3,(H,28,35)(H,30,36)/t19?,20?,22-,25?/m1/s1. The summed E-state index contributed by atoms with van der Waals surface area (Å²) in [4.78, 5) is 29.2. The highest BCUT2D eigenvalue weighted by Crippen LogP contribution is 2.36. The smallest absolute Gasteiger partial charge is 0.318 e. The fourth-order valence-corrected chi connectivity index (χ4v) is 5.56. The third-order valence-electron chi connectivity index (χ3n) is 7.58. The highest BCUT2D eigenvalue weighted by molar-refractivity contribution is 5.87. The van der Waals surface area contributed by atoms with Crippen LogP contribution in [0.1, 0.15) is 51.1 Å². The molecule has 0 spiro atoms. The molecule has 0 bridgehead atoms. The molecular formula is C27H41N7O2. The molecule has 0 radical (unpaired) electrons. The Labute approximate surface area is 214 Å². The lowest BCUT2D eigenvalue weighted by Gasteiger charge is -2.37. The minimum atomic E-state index is -0.463. The summed E-state index contributed by atoms with van der Waals surface area (Å²) in [6.07, 6.45) is 5.15. The Balaban J connectivity index is 1.37. The van der Waals surface area contributed by atoms with Crippen molar-refractivity contribution in [2.45, 2.75) is 69.4 Å². The summed E-state index contributed by atoms with van der Waals surface area (Å²) >= 11 is 0. The van der Waals surface area contributed by atoms with Gasteiger partial charge in [-0.1, -0.05) is 36.9 Å². The van der Waals surface area contributed by atoms with Crippen molar-refractivity contribution in [3.05, 3.63) is 59.8 Å². The van der Waals surface area contributed by atoms with Crippen molar-refractivity contribution < 1.29 is 9.59 Å². The zero-order valence-electron chi connectivity index (χ0n) is 21.9. The van der Waals surface area contributed by atoms with Gasteiger partial charge in [-0.2, -0.15) is 0 Å². The Morgan fingerprint density at radius 2 is 1.83 bits per heavy atom. The van der Waals surface area contributed by atoms with Gasteiger partial charge in [-0.25, -0.2) is 10.2 Å². The molecule has 1 aromatic carbocycles. The predicted octanol–water partition coefficient (Wildman–Crippen LogP) is 1.98. The van der Waals surface area contributed by atoms with E-state index in [4.69, 9.17) is 0 Å². The van der Waals surface area contributed by atoms with E-state index in [0.29, 0.717) is 12.6 Å². The van der Waals surface area contributed by atoms with Crippen molar-refractivity contribution in [2.24, 2.45) is 0 Å². The van der Waals surface area contributed by atoms with Gasteiger partial charge in [0.1, 0.15) is 6.17 Å². The minimum Gasteiger partial charge on any atom is -0.350 e. The van der Waals surface area contributed by atoms with Gasteiger partial charge >= 0.3 is 6.03 Å². The first-order valence-electron chi connectivity index (χ1n) is 12.9. The SMILES string of the molecule is C=CC(=O)NC1CCC(NC2NNC3=C2CN(C(=O)N[C@H](CN(C)C)c2ccccc2)C3(C)C)CC1. The van der Waals surface area contributed by atoms with Crippen molar-refractivity contribution in [2.75, 3.05) is 27.2 Å². The van der Waals surface area contributed by atoms with Gasteiger partial charge in [0.05, 0.1) is 17.3 Å². The van der Waals surface area contributed by atoms with Gasteiger partial charge in [0.2, 0.25) is 5.91 Å². The van der Waals surface area contributed by atoms with E-state index >= 15 is 0 Å². The molecule has 2 atom stereocenters. The van der Waals surface area contributed by atoms with Crippen LogP contribution in [-0.4, -0.2) is 72.7 Å². The first kappa shape index (κ1) is 26.2. The van der Waals surface area contributed by atoms with Crippen molar-refractivity contribution >= 4 is 11.9 Å². The zero-order valence-corrected chi connectivity index (χ0v) is 21.9. The molecule has 1 unspecified atom stereocenters. The molecule has 1 fully saturated rings. The molecule has 1 saturated carbocycles. The Hall–Kier alpha value is -2.88. The van der Waals surface area contributed by atoms with E-state index in [2.05, 4.69) is 64.3 Å². The third kappa shape index (κ3) is 5.74. The van der Waals surface area contributed by atoms with E-state index in [1.807, 2.05) is 37.2 Å². The molecule has 2 heterocycles. The second-order valence-corrected chi connectivity index (χ2v) is 10.9. The average molecular weight is 496 g/mol. The normalized spacial score (nSPS) is 25.8. The number of hydrogen-bond donors (Lipinski definition) is 5. The molecule has 3 amide bonds. The molecule has 1 aliphatic carbocycles. The summed E-state index contributed by atoms with van der Waals surface area (Å²) in [5, 5.41) is 10.0. The maximum Gasteiger partial charge on any atom is 0.318 e. The van der Waals surface area contributed by atoms with Crippen LogP contribution in [0.2, 0.25) is 0 Å². The van der Waals surface area contributed by atoms with Crippen LogP contribution in [-0.2, 0) is 4.79 Å². The third-order valence-corrected chi connectivity index (χ3v) is 7.58. The first-order valence-corrected chi connectivity index (χ1v) is 12.9. The van der Waals surface area contributed by atoms with Gasteiger partial charge in [0.25, 0.3) is 0 Å². The largest absolute Gasteiger partial charge is 0.350 e. The Morgan fingerprint density at radius 3 is 2.47 bits per heavy atom. The van der Waals surface area contributed by atoms with E-state index in [-0.39, 0.29) is 30.2 Å². The molecule has 0 aromatic heterocycles. The molecule has 36 heavy (non-hydrogen) atoms. The highest BCUT2D eigenvalue weighted by atomic mass is 16.2. The monoisotopic (exact) mass is 495 g/mol. The molecule has 3 aliphatic rings. The van der Waals surface area contributed by atoms with Gasteiger partial charge < -0.3 is 25.9 Å². The van der Waals surface area contributed by atoms with Crippen molar-refractivity contribution in [1.82, 2.24) is 36.6 Å². The second kappa shape index (κ2) is 11.0. The number of urea groups is 1. The van der Waals surface area contributed by atoms with Gasteiger partial charge in [-0.05, 0) is 65.3 Å². The minimum absolute atomic E-state index is 0.0342. The van der Waals surface area contributed by atoms with Crippen LogP contribution in [0.25, 0.3) is 0 Å². The quantitative estimate of drug-likeness (QED) is 0.354. The molecule has 196 valence electrons. The Bertz CT molecular complexity index is 983. The summed E-state index contributed by atoms with van der Waals surface area (Å²) in [5.41, 5.74) is 9.62. The molecule has 1 aromatic rings. The van der Waals surface area contributed by atoms with E-state index < -0.39 is 5.54 Å². The van der Waals surface area contributed by atoms with E-state index in [1.54, 1.807) is 0 Å². The molecular weight excluding hydrogens is 454 g/mol. The second-order valence-electron chi connectivity index (χ2n) is 10.9. The average Bonchev–Trinajstić information content (AvgIpc) is 3.37. The van der Waals surface area contributed by atoms with Crippen LogP contribution < -0.4 is 26.8 Å². The van der Waals surface area contributed by atoms with Gasteiger partial charge in [-0.15, -0.1) is 0 Å². The number of likely N-dealkylation sites (N-methyl/N-ethyl adjacent to an activating group) is 1. The number of carbonyl (C=O) groups excluding carboxylic acids is 2. The Kier molecular flexibility index (Phi) is 8.02. The summed E-state index contributed by atoms with van der Waals surface area (Å²) in [7, 11) is 4.04. The van der Waals surface area contributed by atoms with Crippen molar-refractivity contribution in [3.63, 3.8) is 0 Å². The van der Waals surface area contributed by atoms with Crippen molar-refractivity contribution in [1.29, 1.82) is 0 Å². The van der Waals surface area contributed by atoms with E-state index in [1.165, 1.54) is 11.6 Å². The van der Waals surface area contributed by atoms with E-state index in [0.717, 1.165) is 43.5 Å². The summed E-state index contributed by atoms with van der Waals surface area (Å²) < 4.78 is 0. The van der Waals surface area contributed by atoms with Gasteiger partial charge in [0.15, 0.2) is 0 Å². The molecule has 5 N–H and O–H groups in total. The van der Waals surface area contributed by atoms with Crippen LogP contribution >= 0.6 is 0 Å². The zero-order chi connectivity index (χ0) is 25.9. The van der Waals surface area contributed by atoms with Crippen LogP contribution in [0.3, 0.4) is 0 Å². The molecule has 9 heteroatoms. The number of carbonyl (C=O) groups is 2. The Morgan fingerprint density at radius 1 is 1.17 bits per heavy atom. The molecule has 9 nitrogen and oxygen atoms in total. The van der Waals surface area contributed by atoms with Crippen LogP contribution in [0.4, 0.5) is 4.79 Å².